The Morgan fingerprint density at radius 2 is 2.00 bits per heavy atom. The highest BCUT2D eigenvalue weighted by Gasteiger charge is 2.36. The minimum absolute atomic E-state index is 0.0477. The fraction of sp³-hybridized carbons (Fsp3) is 0.444. The van der Waals surface area contributed by atoms with Gasteiger partial charge < -0.3 is 4.57 Å². The van der Waals surface area contributed by atoms with Gasteiger partial charge in [-0.3, -0.25) is 9.69 Å². The molecule has 0 spiro atoms. The SMILES string of the molecule is N#CCN(C(=O)CSc1nnc(C2CC2)n1C1CC1)c1ccccc1. The number of amides is 1. The van der Waals surface area contributed by atoms with Crippen molar-refractivity contribution in [1.29, 1.82) is 5.26 Å². The number of aromatic nitrogens is 3. The minimum Gasteiger partial charge on any atom is -0.303 e. The van der Waals surface area contributed by atoms with Crippen LogP contribution in [-0.2, 0) is 4.79 Å². The summed E-state index contributed by atoms with van der Waals surface area (Å²) in [6.07, 6.45) is 4.73. The first kappa shape index (κ1) is 16.2. The van der Waals surface area contributed by atoms with Crippen LogP contribution in [0.2, 0.25) is 0 Å². The van der Waals surface area contributed by atoms with Crippen LogP contribution in [0.1, 0.15) is 43.5 Å². The van der Waals surface area contributed by atoms with Crippen LogP contribution in [0.15, 0.2) is 35.5 Å². The maximum atomic E-state index is 12.7. The van der Waals surface area contributed by atoms with Gasteiger partial charge in [0.15, 0.2) is 5.16 Å². The molecule has 0 aliphatic heterocycles. The Bertz CT molecular complexity index is 805. The fourth-order valence-corrected chi connectivity index (χ4v) is 3.78. The van der Waals surface area contributed by atoms with Gasteiger partial charge in [-0.2, -0.15) is 5.26 Å². The summed E-state index contributed by atoms with van der Waals surface area (Å²) in [6, 6.07) is 11.9. The lowest BCUT2D eigenvalue weighted by Crippen LogP contribution is -2.32. The minimum atomic E-state index is -0.0870. The van der Waals surface area contributed by atoms with E-state index in [0.717, 1.165) is 16.7 Å². The Labute approximate surface area is 150 Å². The molecule has 6 nitrogen and oxygen atoms in total. The molecular formula is C18H19N5OS. The highest BCUT2D eigenvalue weighted by molar-refractivity contribution is 7.99. The van der Waals surface area contributed by atoms with Gasteiger partial charge >= 0.3 is 0 Å². The number of carbonyl (C=O) groups excluding carboxylic acids is 1. The van der Waals surface area contributed by atoms with Crippen molar-refractivity contribution in [2.45, 2.75) is 42.8 Å². The van der Waals surface area contributed by atoms with E-state index in [4.69, 9.17) is 5.26 Å². The van der Waals surface area contributed by atoms with Crippen LogP contribution in [0.25, 0.3) is 0 Å². The number of hydrogen-bond donors (Lipinski definition) is 0. The van der Waals surface area contributed by atoms with Gasteiger partial charge in [-0.05, 0) is 37.8 Å². The Kier molecular flexibility index (Phi) is 4.45. The lowest BCUT2D eigenvalue weighted by Gasteiger charge is -2.19. The van der Waals surface area contributed by atoms with Gasteiger partial charge in [0.1, 0.15) is 12.4 Å². The van der Waals surface area contributed by atoms with Crippen molar-refractivity contribution in [1.82, 2.24) is 14.8 Å². The maximum absolute atomic E-state index is 12.7. The van der Waals surface area contributed by atoms with Gasteiger partial charge in [0.25, 0.3) is 0 Å². The van der Waals surface area contributed by atoms with Crippen molar-refractivity contribution in [2.75, 3.05) is 17.2 Å². The Morgan fingerprint density at radius 3 is 2.64 bits per heavy atom. The maximum Gasteiger partial charge on any atom is 0.238 e. The van der Waals surface area contributed by atoms with E-state index in [1.54, 1.807) is 0 Å². The molecule has 1 heterocycles. The van der Waals surface area contributed by atoms with Gasteiger partial charge in [0, 0.05) is 17.6 Å². The molecule has 0 saturated heterocycles. The summed E-state index contributed by atoms with van der Waals surface area (Å²) in [7, 11) is 0. The second-order valence-electron chi connectivity index (χ2n) is 6.48. The summed E-state index contributed by atoms with van der Waals surface area (Å²) < 4.78 is 2.24. The van der Waals surface area contributed by atoms with Crippen LogP contribution < -0.4 is 4.90 Å². The molecule has 1 aromatic carbocycles. The Balaban J connectivity index is 1.47. The first-order chi connectivity index (χ1) is 12.3. The van der Waals surface area contributed by atoms with E-state index >= 15 is 0 Å². The molecule has 1 amide bonds. The summed E-state index contributed by atoms with van der Waals surface area (Å²) in [4.78, 5) is 14.2. The average Bonchev–Trinajstić information content (AvgIpc) is 3.57. The van der Waals surface area contributed by atoms with Crippen LogP contribution in [0.3, 0.4) is 0 Å². The van der Waals surface area contributed by atoms with Crippen LogP contribution in [0, 0.1) is 11.3 Å². The number of benzene rings is 1. The molecule has 7 heteroatoms. The van der Waals surface area contributed by atoms with Crippen molar-refractivity contribution in [3.63, 3.8) is 0 Å². The zero-order chi connectivity index (χ0) is 17.2. The highest BCUT2D eigenvalue weighted by atomic mass is 32.2. The van der Waals surface area contributed by atoms with Crippen LogP contribution in [0.5, 0.6) is 0 Å². The Morgan fingerprint density at radius 1 is 1.24 bits per heavy atom. The number of rotatable bonds is 7. The topological polar surface area (TPSA) is 74.8 Å². The van der Waals surface area contributed by atoms with Crippen LogP contribution in [0.4, 0.5) is 5.69 Å². The quantitative estimate of drug-likeness (QED) is 0.565. The first-order valence-electron chi connectivity index (χ1n) is 8.58. The monoisotopic (exact) mass is 353 g/mol. The third-order valence-electron chi connectivity index (χ3n) is 4.47. The number of anilines is 1. The smallest absolute Gasteiger partial charge is 0.238 e. The molecule has 4 rings (SSSR count). The average molecular weight is 353 g/mol. The van der Waals surface area contributed by atoms with Crippen LogP contribution >= 0.6 is 11.8 Å². The van der Waals surface area contributed by atoms with Gasteiger partial charge in [-0.1, -0.05) is 30.0 Å². The first-order valence-corrected chi connectivity index (χ1v) is 9.56. The second kappa shape index (κ2) is 6.89. The molecule has 0 radical (unpaired) electrons. The van der Waals surface area contributed by atoms with E-state index in [1.165, 1.54) is 42.3 Å². The summed E-state index contributed by atoms with van der Waals surface area (Å²) >= 11 is 1.43. The number of nitrogens with zero attached hydrogens (tertiary/aromatic N) is 5. The molecule has 2 aliphatic rings. The summed E-state index contributed by atoms with van der Waals surface area (Å²) in [5.41, 5.74) is 0.747. The molecule has 1 aromatic heterocycles. The van der Waals surface area contributed by atoms with Gasteiger partial charge in [-0.25, -0.2) is 0 Å². The molecular weight excluding hydrogens is 334 g/mol. The van der Waals surface area contributed by atoms with Gasteiger partial charge in [0.05, 0.1) is 11.8 Å². The van der Waals surface area contributed by atoms with E-state index < -0.39 is 0 Å². The molecule has 2 fully saturated rings. The molecule has 25 heavy (non-hydrogen) atoms. The Hall–Kier alpha value is -2.33. The molecule has 2 saturated carbocycles. The van der Waals surface area contributed by atoms with E-state index in [0.29, 0.717) is 12.0 Å². The lowest BCUT2D eigenvalue weighted by molar-refractivity contribution is -0.116. The molecule has 2 aliphatic carbocycles. The normalized spacial score (nSPS) is 16.4. The number of carbonyl (C=O) groups is 1. The summed E-state index contributed by atoms with van der Waals surface area (Å²) in [6.45, 7) is 0.0477. The molecule has 128 valence electrons. The van der Waals surface area contributed by atoms with Gasteiger partial charge in [0.2, 0.25) is 5.91 Å². The summed E-state index contributed by atoms with van der Waals surface area (Å²) in [5, 5.41) is 18.6. The van der Waals surface area contributed by atoms with Crippen molar-refractivity contribution in [3.8, 4) is 6.07 Å². The van der Waals surface area contributed by atoms with Crippen molar-refractivity contribution < 1.29 is 4.79 Å². The standard InChI is InChI=1S/C18H19N5OS/c19-10-11-22(14-4-2-1-3-5-14)16(24)12-25-18-21-20-17(13-6-7-13)23(18)15-8-9-15/h1-5,13,15H,6-9,11-12H2. The van der Waals surface area contributed by atoms with Crippen molar-refractivity contribution in [2.24, 2.45) is 0 Å². The third kappa shape index (κ3) is 3.54. The number of hydrogen-bond acceptors (Lipinski definition) is 5. The molecule has 0 unspecified atom stereocenters. The third-order valence-corrected chi connectivity index (χ3v) is 5.40. The zero-order valence-corrected chi connectivity index (χ0v) is 14.7. The van der Waals surface area contributed by atoms with Crippen molar-refractivity contribution >= 4 is 23.4 Å². The molecule has 0 atom stereocenters. The number of nitriles is 1. The van der Waals surface area contributed by atoms with E-state index in [1.807, 2.05) is 30.3 Å². The lowest BCUT2D eigenvalue weighted by atomic mass is 10.3. The largest absolute Gasteiger partial charge is 0.303 e. The van der Waals surface area contributed by atoms with E-state index in [-0.39, 0.29) is 18.2 Å². The van der Waals surface area contributed by atoms with Gasteiger partial charge in [-0.15, -0.1) is 10.2 Å². The predicted molar refractivity (Wildman–Crippen MR) is 95.4 cm³/mol. The fourth-order valence-electron chi connectivity index (χ4n) is 2.89. The number of thioether (sulfide) groups is 1. The van der Waals surface area contributed by atoms with Crippen molar-refractivity contribution in [3.05, 3.63) is 36.2 Å². The zero-order valence-electron chi connectivity index (χ0n) is 13.8. The molecule has 0 N–H and O–H groups in total. The van der Waals surface area contributed by atoms with E-state index in [2.05, 4.69) is 20.8 Å². The summed E-state index contributed by atoms with van der Waals surface area (Å²) in [5.74, 6) is 1.81. The molecule has 2 aromatic rings. The predicted octanol–water partition coefficient (Wildman–Crippen LogP) is 3.14. The highest BCUT2D eigenvalue weighted by Crippen LogP contribution is 2.46. The molecule has 0 bridgehead atoms. The van der Waals surface area contributed by atoms with Crippen LogP contribution in [-0.4, -0.2) is 33.0 Å². The number of para-hydroxylation sites is 1. The second-order valence-corrected chi connectivity index (χ2v) is 7.42. The van der Waals surface area contributed by atoms with E-state index in [9.17, 15) is 4.79 Å².